The Morgan fingerprint density at radius 1 is 1.29 bits per heavy atom. The highest BCUT2D eigenvalue weighted by molar-refractivity contribution is 5.83. The lowest BCUT2D eigenvalue weighted by Crippen LogP contribution is -2.48. The number of carbonyl (C=O) groups is 2. The number of rotatable bonds is 5. The maximum absolute atomic E-state index is 13.7. The number of ether oxygens (including phenoxy) is 2. The summed E-state index contributed by atoms with van der Waals surface area (Å²) in [7, 11) is 0. The second-order valence-corrected chi connectivity index (χ2v) is 8.24. The molecule has 1 aromatic rings. The summed E-state index contributed by atoms with van der Waals surface area (Å²) in [5.41, 5.74) is -2.46. The second-order valence-electron chi connectivity index (χ2n) is 8.24. The van der Waals surface area contributed by atoms with E-state index in [-0.39, 0.29) is 13.2 Å². The van der Waals surface area contributed by atoms with Crippen molar-refractivity contribution >= 4 is 12.1 Å². The van der Waals surface area contributed by atoms with Crippen LogP contribution in [0.4, 0.5) is 18.0 Å². The van der Waals surface area contributed by atoms with Crippen LogP contribution < -0.4 is 0 Å². The van der Waals surface area contributed by atoms with Crippen LogP contribution in [0.5, 0.6) is 0 Å². The van der Waals surface area contributed by atoms with E-state index in [0.29, 0.717) is 0 Å². The standard InChI is InChI=1S/C21H27F3N2O5/c1-6-11-31-19(29)26-14(12-9-8-10-25-17(12)21(22,23)24)16(27)13(20(3,4)5)15(26)18(28)30-7-2/h6,8-10,13-16,27H,1,7,11H2,2-5H3/t13-,14+,15+,16-/m0/s1. The zero-order valence-electron chi connectivity index (χ0n) is 17.8. The van der Waals surface area contributed by atoms with Crippen LogP contribution in [0.1, 0.15) is 45.0 Å². The molecular weight excluding hydrogens is 417 g/mol. The van der Waals surface area contributed by atoms with Crippen molar-refractivity contribution in [1.29, 1.82) is 0 Å². The number of aliphatic hydroxyl groups excluding tert-OH is 1. The minimum atomic E-state index is -4.84. The Kier molecular flexibility index (Phi) is 7.36. The lowest BCUT2D eigenvalue weighted by molar-refractivity contribution is -0.151. The van der Waals surface area contributed by atoms with E-state index >= 15 is 0 Å². The molecule has 1 aromatic heterocycles. The van der Waals surface area contributed by atoms with E-state index in [1.165, 1.54) is 12.1 Å². The van der Waals surface area contributed by atoms with Crippen molar-refractivity contribution in [3.05, 3.63) is 42.2 Å². The highest BCUT2D eigenvalue weighted by Gasteiger charge is 2.60. The summed E-state index contributed by atoms with van der Waals surface area (Å²) in [5.74, 6) is -1.77. The number of aliphatic hydroxyl groups is 1. The molecule has 0 unspecified atom stereocenters. The predicted octanol–water partition coefficient (Wildman–Crippen LogP) is 3.73. The molecule has 0 bridgehead atoms. The molecule has 31 heavy (non-hydrogen) atoms. The van der Waals surface area contributed by atoms with Crippen molar-refractivity contribution in [1.82, 2.24) is 9.88 Å². The molecule has 0 spiro atoms. The minimum absolute atomic E-state index is 0.0107. The monoisotopic (exact) mass is 444 g/mol. The molecule has 0 radical (unpaired) electrons. The van der Waals surface area contributed by atoms with Crippen molar-refractivity contribution in [2.45, 2.75) is 52.1 Å². The third-order valence-electron chi connectivity index (χ3n) is 5.12. The Morgan fingerprint density at radius 3 is 2.45 bits per heavy atom. The maximum Gasteiger partial charge on any atom is 0.433 e. The fourth-order valence-corrected chi connectivity index (χ4v) is 4.03. The van der Waals surface area contributed by atoms with Gasteiger partial charge in [-0.1, -0.05) is 39.5 Å². The number of carbonyl (C=O) groups excluding carboxylic acids is 2. The average Bonchev–Trinajstić information content (AvgIpc) is 2.99. The number of halogens is 3. The largest absolute Gasteiger partial charge is 0.464 e. The van der Waals surface area contributed by atoms with Gasteiger partial charge in [-0.2, -0.15) is 13.2 Å². The predicted molar refractivity (Wildman–Crippen MR) is 105 cm³/mol. The number of nitrogens with zero attached hydrogens (tertiary/aromatic N) is 2. The van der Waals surface area contributed by atoms with Gasteiger partial charge in [-0.15, -0.1) is 0 Å². The molecule has 7 nitrogen and oxygen atoms in total. The Bertz CT molecular complexity index is 822. The van der Waals surface area contributed by atoms with Gasteiger partial charge >= 0.3 is 18.2 Å². The van der Waals surface area contributed by atoms with Crippen LogP contribution in [-0.2, 0) is 20.4 Å². The molecule has 1 saturated heterocycles. The molecule has 1 aliphatic rings. The van der Waals surface area contributed by atoms with Gasteiger partial charge in [0.15, 0.2) is 0 Å². The number of hydrogen-bond acceptors (Lipinski definition) is 6. The summed E-state index contributed by atoms with van der Waals surface area (Å²) in [5, 5.41) is 11.2. The first-order chi connectivity index (χ1) is 14.4. The van der Waals surface area contributed by atoms with Crippen LogP contribution in [0.15, 0.2) is 31.0 Å². The molecule has 2 rings (SSSR count). The third-order valence-corrected chi connectivity index (χ3v) is 5.12. The number of aromatic nitrogens is 1. The molecule has 1 N–H and O–H groups in total. The van der Waals surface area contributed by atoms with Gasteiger partial charge in [0.25, 0.3) is 0 Å². The molecule has 0 saturated carbocycles. The molecular formula is C21H27F3N2O5. The lowest BCUT2D eigenvalue weighted by atomic mass is 9.73. The van der Waals surface area contributed by atoms with Gasteiger partial charge in [-0.3, -0.25) is 9.88 Å². The Hall–Kier alpha value is -2.62. The minimum Gasteiger partial charge on any atom is -0.464 e. The molecule has 1 amide bonds. The molecule has 4 atom stereocenters. The Labute approximate surface area is 178 Å². The van der Waals surface area contributed by atoms with Crippen molar-refractivity contribution in [2.24, 2.45) is 11.3 Å². The highest BCUT2D eigenvalue weighted by Crippen LogP contribution is 2.50. The van der Waals surface area contributed by atoms with E-state index in [1.807, 2.05) is 0 Å². The van der Waals surface area contributed by atoms with Gasteiger partial charge in [0.2, 0.25) is 0 Å². The molecule has 0 aliphatic carbocycles. The van der Waals surface area contributed by atoms with E-state index in [0.717, 1.165) is 17.2 Å². The Balaban J connectivity index is 2.73. The smallest absolute Gasteiger partial charge is 0.433 e. The normalized spacial score (nSPS) is 24.1. The number of esters is 1. The third kappa shape index (κ3) is 5.00. The van der Waals surface area contributed by atoms with E-state index in [2.05, 4.69) is 11.6 Å². The number of pyridine rings is 1. The molecule has 172 valence electrons. The van der Waals surface area contributed by atoms with E-state index < -0.39 is 59.0 Å². The molecule has 2 heterocycles. The number of likely N-dealkylation sites (tertiary alicyclic amines) is 1. The summed E-state index contributed by atoms with van der Waals surface area (Å²) in [6.07, 6.45) is -5.17. The highest BCUT2D eigenvalue weighted by atomic mass is 19.4. The van der Waals surface area contributed by atoms with Gasteiger partial charge in [0.1, 0.15) is 18.3 Å². The molecule has 1 fully saturated rings. The van der Waals surface area contributed by atoms with Gasteiger partial charge in [0.05, 0.1) is 18.8 Å². The summed E-state index contributed by atoms with van der Waals surface area (Å²) >= 11 is 0. The van der Waals surface area contributed by atoms with Gasteiger partial charge in [0, 0.05) is 17.7 Å². The van der Waals surface area contributed by atoms with E-state index in [4.69, 9.17) is 9.47 Å². The molecule has 10 heteroatoms. The van der Waals surface area contributed by atoms with Gasteiger partial charge in [-0.05, 0) is 18.4 Å². The SMILES string of the molecule is C=CCOC(=O)N1[C@H](c2cccnc2C(F)(F)F)[C@@H](O)[C@@H](C(C)(C)C)[C@@H]1C(=O)OCC. The Morgan fingerprint density at radius 2 is 1.94 bits per heavy atom. The van der Waals surface area contributed by atoms with E-state index in [9.17, 15) is 27.9 Å². The summed E-state index contributed by atoms with van der Waals surface area (Å²) < 4.78 is 51.2. The van der Waals surface area contributed by atoms with Crippen LogP contribution >= 0.6 is 0 Å². The van der Waals surface area contributed by atoms with E-state index in [1.54, 1.807) is 27.7 Å². The second kappa shape index (κ2) is 9.25. The van der Waals surface area contributed by atoms with Crippen LogP contribution in [0, 0.1) is 11.3 Å². The van der Waals surface area contributed by atoms with Crippen molar-refractivity contribution in [2.75, 3.05) is 13.2 Å². The fraction of sp³-hybridized carbons (Fsp3) is 0.571. The number of amides is 1. The summed E-state index contributed by atoms with van der Waals surface area (Å²) in [6, 6.07) is -0.487. The maximum atomic E-state index is 13.7. The lowest BCUT2D eigenvalue weighted by Gasteiger charge is -2.34. The molecule has 0 aromatic carbocycles. The van der Waals surface area contributed by atoms with Crippen molar-refractivity contribution < 1.29 is 37.3 Å². The van der Waals surface area contributed by atoms with Crippen LogP contribution in [0.3, 0.4) is 0 Å². The fourth-order valence-electron chi connectivity index (χ4n) is 4.03. The number of hydrogen-bond donors (Lipinski definition) is 1. The average molecular weight is 444 g/mol. The topological polar surface area (TPSA) is 89.0 Å². The van der Waals surface area contributed by atoms with Crippen molar-refractivity contribution in [3.8, 4) is 0 Å². The zero-order chi connectivity index (χ0) is 23.6. The first kappa shape index (κ1) is 24.6. The quantitative estimate of drug-likeness (QED) is 0.550. The van der Waals surface area contributed by atoms with Crippen molar-refractivity contribution in [3.63, 3.8) is 0 Å². The van der Waals surface area contributed by atoms with Gasteiger partial charge in [-0.25, -0.2) is 9.59 Å². The summed E-state index contributed by atoms with van der Waals surface area (Å²) in [6.45, 7) is 9.92. The van der Waals surface area contributed by atoms with Gasteiger partial charge < -0.3 is 14.6 Å². The first-order valence-electron chi connectivity index (χ1n) is 9.79. The number of alkyl halides is 3. The first-order valence-corrected chi connectivity index (χ1v) is 9.79. The molecule has 1 aliphatic heterocycles. The summed E-state index contributed by atoms with van der Waals surface area (Å²) in [4.78, 5) is 30.0. The van der Waals surface area contributed by atoms with Crippen LogP contribution in [0.25, 0.3) is 0 Å². The van der Waals surface area contributed by atoms with Crippen LogP contribution in [-0.4, -0.2) is 52.4 Å². The van der Waals surface area contributed by atoms with Crippen LogP contribution in [0.2, 0.25) is 0 Å². The zero-order valence-corrected chi connectivity index (χ0v) is 17.8.